The second-order valence-electron chi connectivity index (χ2n) is 5.54. The average molecular weight is 191 g/mol. The van der Waals surface area contributed by atoms with Crippen LogP contribution in [0.25, 0.3) is 0 Å². The zero-order valence-electron chi connectivity index (χ0n) is 8.91. The van der Waals surface area contributed by atoms with Gasteiger partial charge in [0.15, 0.2) is 0 Å². The molecule has 78 valence electrons. The van der Waals surface area contributed by atoms with Gasteiger partial charge in [0, 0.05) is 6.04 Å². The highest BCUT2D eigenvalue weighted by atomic mass is 14.7. The highest BCUT2D eigenvalue weighted by Crippen LogP contribution is 2.50. The topological polar surface area (TPSA) is 26.0 Å². The predicted octanol–water partition coefficient (Wildman–Crippen LogP) is 2.86. The quantitative estimate of drug-likeness (QED) is 0.667. The number of hydrogen-bond acceptors (Lipinski definition) is 1. The van der Waals surface area contributed by atoms with Gasteiger partial charge in [0.2, 0.25) is 0 Å². The van der Waals surface area contributed by atoms with Gasteiger partial charge in [0.1, 0.15) is 0 Å². The molecule has 2 bridgehead atoms. The van der Waals surface area contributed by atoms with E-state index in [0.717, 1.165) is 17.8 Å². The Kier molecular flexibility index (Phi) is 2.16. The summed E-state index contributed by atoms with van der Waals surface area (Å²) >= 11 is 0. The Morgan fingerprint density at radius 3 is 2.79 bits per heavy atom. The van der Waals surface area contributed by atoms with Gasteiger partial charge in [-0.3, -0.25) is 0 Å². The number of fused-ring (bicyclic) bond motifs is 2. The van der Waals surface area contributed by atoms with Crippen LogP contribution >= 0.6 is 0 Å². The fourth-order valence-corrected chi connectivity index (χ4v) is 4.01. The molecular weight excluding hydrogens is 170 g/mol. The monoisotopic (exact) mass is 191 g/mol. The predicted molar refractivity (Wildman–Crippen MR) is 58.8 cm³/mol. The number of rotatable bonds is 2. The highest BCUT2D eigenvalue weighted by Gasteiger charge is 2.42. The molecule has 0 amide bonds. The molecular formula is C13H21N. The lowest BCUT2D eigenvalue weighted by Crippen LogP contribution is -2.34. The van der Waals surface area contributed by atoms with E-state index in [1.807, 2.05) is 0 Å². The van der Waals surface area contributed by atoms with Crippen LogP contribution in [0.4, 0.5) is 0 Å². The second kappa shape index (κ2) is 3.37. The van der Waals surface area contributed by atoms with E-state index in [1.165, 1.54) is 44.9 Å². The van der Waals surface area contributed by atoms with E-state index in [0.29, 0.717) is 6.04 Å². The number of nitrogens with two attached hydrogens (primary N) is 1. The Hall–Kier alpha value is -0.300. The van der Waals surface area contributed by atoms with Crippen molar-refractivity contribution < 1.29 is 0 Å². The minimum atomic E-state index is 0.424. The largest absolute Gasteiger partial charge is 0.324 e. The molecule has 1 heteroatoms. The molecule has 0 saturated heterocycles. The molecule has 2 saturated carbocycles. The molecule has 4 atom stereocenters. The lowest BCUT2D eigenvalue weighted by molar-refractivity contribution is 0.299. The summed E-state index contributed by atoms with van der Waals surface area (Å²) in [4.78, 5) is 0. The third kappa shape index (κ3) is 1.33. The van der Waals surface area contributed by atoms with Crippen LogP contribution in [0.15, 0.2) is 11.6 Å². The molecule has 2 fully saturated rings. The smallest absolute Gasteiger partial charge is 0.0285 e. The first kappa shape index (κ1) is 8.96. The third-order valence-corrected chi connectivity index (χ3v) is 4.76. The molecule has 0 aromatic rings. The van der Waals surface area contributed by atoms with Gasteiger partial charge in [-0.2, -0.15) is 0 Å². The van der Waals surface area contributed by atoms with Crippen molar-refractivity contribution in [2.75, 3.05) is 0 Å². The summed E-state index contributed by atoms with van der Waals surface area (Å²) in [5.41, 5.74) is 7.99. The molecule has 4 unspecified atom stereocenters. The van der Waals surface area contributed by atoms with E-state index < -0.39 is 0 Å². The summed E-state index contributed by atoms with van der Waals surface area (Å²) in [5, 5.41) is 0. The van der Waals surface area contributed by atoms with Crippen molar-refractivity contribution in [2.24, 2.45) is 23.5 Å². The summed E-state index contributed by atoms with van der Waals surface area (Å²) in [5.74, 6) is 2.87. The van der Waals surface area contributed by atoms with Gasteiger partial charge < -0.3 is 5.73 Å². The van der Waals surface area contributed by atoms with Crippen LogP contribution in [0.3, 0.4) is 0 Å². The molecule has 3 rings (SSSR count). The second-order valence-corrected chi connectivity index (χ2v) is 5.54. The average Bonchev–Trinajstić information content (AvgIpc) is 2.93. The Morgan fingerprint density at radius 2 is 2.21 bits per heavy atom. The number of hydrogen-bond donors (Lipinski definition) is 1. The summed E-state index contributed by atoms with van der Waals surface area (Å²) in [6, 6.07) is 0.424. The van der Waals surface area contributed by atoms with Crippen molar-refractivity contribution in [2.45, 2.75) is 51.0 Å². The molecule has 1 nitrogen and oxygen atoms in total. The molecule has 0 spiro atoms. The molecule has 3 aliphatic carbocycles. The zero-order chi connectivity index (χ0) is 9.54. The van der Waals surface area contributed by atoms with E-state index in [2.05, 4.69) is 6.08 Å². The molecule has 0 aromatic carbocycles. The summed E-state index contributed by atoms with van der Waals surface area (Å²) in [6.07, 6.45) is 12.2. The van der Waals surface area contributed by atoms with Gasteiger partial charge in [-0.05, 0) is 56.3 Å². The van der Waals surface area contributed by atoms with Crippen LogP contribution in [0.2, 0.25) is 0 Å². The van der Waals surface area contributed by atoms with E-state index in [-0.39, 0.29) is 0 Å². The lowest BCUT2D eigenvalue weighted by atomic mass is 9.80. The molecule has 0 heterocycles. The molecule has 3 aliphatic rings. The normalized spacial score (nSPS) is 42.9. The standard InChI is InChI=1S/C13H21N/c14-13(10-3-1-2-4-10)12-8-9-5-6-11(12)7-9/h3,9,11-13H,1-2,4-8,14H2. The Balaban J connectivity index is 1.70. The van der Waals surface area contributed by atoms with Crippen LogP contribution in [-0.2, 0) is 0 Å². The molecule has 0 aliphatic heterocycles. The molecule has 2 N–H and O–H groups in total. The maximum absolute atomic E-state index is 6.40. The van der Waals surface area contributed by atoms with Gasteiger partial charge in [0.05, 0.1) is 0 Å². The lowest BCUT2D eigenvalue weighted by Gasteiger charge is -2.28. The van der Waals surface area contributed by atoms with Crippen LogP contribution < -0.4 is 5.73 Å². The van der Waals surface area contributed by atoms with Crippen LogP contribution in [-0.4, -0.2) is 6.04 Å². The molecule has 14 heavy (non-hydrogen) atoms. The third-order valence-electron chi connectivity index (χ3n) is 4.76. The van der Waals surface area contributed by atoms with Gasteiger partial charge in [-0.15, -0.1) is 0 Å². The fraction of sp³-hybridized carbons (Fsp3) is 0.846. The Morgan fingerprint density at radius 1 is 1.29 bits per heavy atom. The van der Waals surface area contributed by atoms with E-state index >= 15 is 0 Å². The van der Waals surface area contributed by atoms with Crippen molar-refractivity contribution >= 4 is 0 Å². The van der Waals surface area contributed by atoms with E-state index in [9.17, 15) is 0 Å². The molecule has 0 aromatic heterocycles. The molecule has 0 radical (unpaired) electrons. The first-order valence-electron chi connectivity index (χ1n) is 6.29. The van der Waals surface area contributed by atoms with Crippen molar-refractivity contribution in [1.29, 1.82) is 0 Å². The van der Waals surface area contributed by atoms with Crippen LogP contribution in [0.1, 0.15) is 44.9 Å². The van der Waals surface area contributed by atoms with Gasteiger partial charge in [0.25, 0.3) is 0 Å². The fourth-order valence-electron chi connectivity index (χ4n) is 4.01. The summed E-state index contributed by atoms with van der Waals surface area (Å²) in [7, 11) is 0. The van der Waals surface area contributed by atoms with Crippen molar-refractivity contribution in [3.8, 4) is 0 Å². The van der Waals surface area contributed by atoms with Crippen LogP contribution in [0.5, 0.6) is 0 Å². The van der Waals surface area contributed by atoms with Gasteiger partial charge in [-0.1, -0.05) is 18.1 Å². The van der Waals surface area contributed by atoms with Gasteiger partial charge >= 0.3 is 0 Å². The van der Waals surface area contributed by atoms with Crippen molar-refractivity contribution in [3.63, 3.8) is 0 Å². The Labute approximate surface area is 86.8 Å². The number of allylic oxidation sites excluding steroid dienone is 1. The van der Waals surface area contributed by atoms with Gasteiger partial charge in [-0.25, -0.2) is 0 Å². The maximum Gasteiger partial charge on any atom is 0.0285 e. The Bertz CT molecular complexity index is 256. The highest BCUT2D eigenvalue weighted by molar-refractivity contribution is 5.17. The summed E-state index contributed by atoms with van der Waals surface area (Å²) in [6.45, 7) is 0. The van der Waals surface area contributed by atoms with Crippen molar-refractivity contribution in [1.82, 2.24) is 0 Å². The van der Waals surface area contributed by atoms with E-state index in [4.69, 9.17) is 5.73 Å². The first-order valence-corrected chi connectivity index (χ1v) is 6.29. The SMILES string of the molecule is NC(C1=CCCC1)C1CC2CCC1C2. The maximum atomic E-state index is 6.40. The minimum absolute atomic E-state index is 0.424. The first-order chi connectivity index (χ1) is 6.84. The minimum Gasteiger partial charge on any atom is -0.324 e. The van der Waals surface area contributed by atoms with Crippen LogP contribution in [0, 0.1) is 17.8 Å². The zero-order valence-corrected chi connectivity index (χ0v) is 8.91. The van der Waals surface area contributed by atoms with Crippen molar-refractivity contribution in [3.05, 3.63) is 11.6 Å². The summed E-state index contributed by atoms with van der Waals surface area (Å²) < 4.78 is 0. The van der Waals surface area contributed by atoms with E-state index in [1.54, 1.807) is 5.57 Å².